The molecule has 6 heteroatoms. The molecule has 0 bridgehead atoms. The number of nitrogens with one attached hydrogen (secondary N) is 1. The molecule has 0 saturated heterocycles. The minimum Gasteiger partial charge on any atom is -0.366 e. The number of anilines is 1. The van der Waals surface area contributed by atoms with Crippen LogP contribution in [0.15, 0.2) is 61.1 Å². The number of nitriles is 1. The van der Waals surface area contributed by atoms with Crippen molar-refractivity contribution >= 4 is 11.5 Å². The van der Waals surface area contributed by atoms with Gasteiger partial charge in [-0.15, -0.1) is 0 Å². The molecular formula is C20H16N6. The Morgan fingerprint density at radius 2 is 2.00 bits per heavy atom. The smallest absolute Gasteiger partial charge is 0.180 e. The summed E-state index contributed by atoms with van der Waals surface area (Å²) in [5.41, 5.74) is 4.52. The Bertz CT molecular complexity index is 1120. The van der Waals surface area contributed by atoms with Gasteiger partial charge in [-0.3, -0.25) is 4.40 Å². The zero-order valence-electron chi connectivity index (χ0n) is 14.2. The second-order valence-electron chi connectivity index (χ2n) is 5.95. The zero-order valence-corrected chi connectivity index (χ0v) is 14.2. The highest BCUT2D eigenvalue weighted by Crippen LogP contribution is 2.19. The summed E-state index contributed by atoms with van der Waals surface area (Å²) in [6, 6.07) is 15.8. The lowest BCUT2D eigenvalue weighted by molar-refractivity contribution is 1.06. The van der Waals surface area contributed by atoms with Crippen molar-refractivity contribution in [2.24, 2.45) is 0 Å². The average molecular weight is 340 g/mol. The molecule has 4 aromatic rings. The molecular weight excluding hydrogens is 324 g/mol. The average Bonchev–Trinajstić information content (AvgIpc) is 3.10. The number of aryl methyl sites for hydroxylation is 1. The molecule has 0 spiro atoms. The van der Waals surface area contributed by atoms with Gasteiger partial charge in [0.05, 0.1) is 11.8 Å². The van der Waals surface area contributed by atoms with E-state index in [1.807, 2.05) is 28.7 Å². The van der Waals surface area contributed by atoms with E-state index in [4.69, 9.17) is 5.26 Å². The van der Waals surface area contributed by atoms with Crippen molar-refractivity contribution in [1.29, 1.82) is 5.26 Å². The van der Waals surface area contributed by atoms with Gasteiger partial charge in [-0.2, -0.15) is 5.26 Å². The molecule has 1 aromatic carbocycles. The molecule has 4 rings (SSSR count). The largest absolute Gasteiger partial charge is 0.366 e. The van der Waals surface area contributed by atoms with E-state index in [1.54, 1.807) is 24.7 Å². The van der Waals surface area contributed by atoms with Gasteiger partial charge in [-0.05, 0) is 36.2 Å². The van der Waals surface area contributed by atoms with E-state index in [0.29, 0.717) is 17.9 Å². The first kappa shape index (κ1) is 15.8. The van der Waals surface area contributed by atoms with Crippen molar-refractivity contribution in [1.82, 2.24) is 19.4 Å². The number of pyridine rings is 1. The summed E-state index contributed by atoms with van der Waals surface area (Å²) < 4.78 is 1.83. The van der Waals surface area contributed by atoms with Crippen LogP contribution in [0.4, 0.5) is 5.82 Å². The molecule has 26 heavy (non-hydrogen) atoms. The van der Waals surface area contributed by atoms with E-state index in [0.717, 1.165) is 17.2 Å². The monoisotopic (exact) mass is 340 g/mol. The molecule has 1 N–H and O–H groups in total. The van der Waals surface area contributed by atoms with Crippen molar-refractivity contribution in [3.8, 4) is 17.6 Å². The van der Waals surface area contributed by atoms with Gasteiger partial charge >= 0.3 is 0 Å². The van der Waals surface area contributed by atoms with Crippen LogP contribution in [0.2, 0.25) is 0 Å². The molecule has 0 amide bonds. The van der Waals surface area contributed by atoms with Crippen LogP contribution in [0.25, 0.3) is 17.2 Å². The lowest BCUT2D eigenvalue weighted by Gasteiger charge is -2.09. The van der Waals surface area contributed by atoms with Gasteiger partial charge in [0.2, 0.25) is 0 Å². The number of hydrogen-bond donors (Lipinski definition) is 1. The first-order valence-corrected chi connectivity index (χ1v) is 8.23. The molecule has 0 radical (unpaired) electrons. The Morgan fingerprint density at radius 3 is 2.85 bits per heavy atom. The van der Waals surface area contributed by atoms with Crippen LogP contribution >= 0.6 is 0 Å². The van der Waals surface area contributed by atoms with Gasteiger partial charge in [-0.25, -0.2) is 15.0 Å². The normalized spacial score (nSPS) is 10.6. The van der Waals surface area contributed by atoms with Gasteiger partial charge < -0.3 is 5.32 Å². The van der Waals surface area contributed by atoms with Crippen molar-refractivity contribution in [3.05, 3.63) is 77.7 Å². The van der Waals surface area contributed by atoms with Gasteiger partial charge in [-0.1, -0.05) is 24.3 Å². The van der Waals surface area contributed by atoms with E-state index < -0.39 is 0 Å². The molecule has 3 aromatic heterocycles. The number of rotatable bonds is 4. The van der Waals surface area contributed by atoms with Gasteiger partial charge in [0.25, 0.3) is 0 Å². The Morgan fingerprint density at radius 1 is 1.12 bits per heavy atom. The standard InChI is InChI=1S/C20H16N6/c1-14-4-2-3-5-16(14)11-23-18-8-9-22-20(25-18)17-12-24-19-7-6-15(10-21)13-26(17)19/h2-9,12-13H,11H2,1H3,(H,22,23,25). The molecule has 3 heterocycles. The van der Waals surface area contributed by atoms with Crippen LogP contribution in [-0.4, -0.2) is 19.4 Å². The summed E-state index contributed by atoms with van der Waals surface area (Å²) in [6.07, 6.45) is 5.18. The van der Waals surface area contributed by atoms with Crippen LogP contribution in [0.3, 0.4) is 0 Å². The Balaban J connectivity index is 1.64. The maximum atomic E-state index is 9.12. The topological polar surface area (TPSA) is 78.9 Å². The summed E-state index contributed by atoms with van der Waals surface area (Å²) in [4.78, 5) is 13.3. The maximum Gasteiger partial charge on any atom is 0.180 e. The van der Waals surface area contributed by atoms with Crippen LogP contribution in [0, 0.1) is 18.3 Å². The van der Waals surface area contributed by atoms with Crippen molar-refractivity contribution in [2.45, 2.75) is 13.5 Å². The second-order valence-corrected chi connectivity index (χ2v) is 5.95. The molecule has 0 aliphatic carbocycles. The number of aromatic nitrogens is 4. The third kappa shape index (κ3) is 2.98. The number of imidazole rings is 1. The third-order valence-electron chi connectivity index (χ3n) is 4.24. The lowest BCUT2D eigenvalue weighted by atomic mass is 10.1. The van der Waals surface area contributed by atoms with E-state index >= 15 is 0 Å². The fraction of sp³-hybridized carbons (Fsp3) is 0.100. The van der Waals surface area contributed by atoms with Crippen LogP contribution < -0.4 is 5.32 Å². The Kier molecular flexibility index (Phi) is 4.04. The summed E-state index contributed by atoms with van der Waals surface area (Å²) in [6.45, 7) is 2.78. The number of fused-ring (bicyclic) bond motifs is 1. The summed E-state index contributed by atoms with van der Waals surface area (Å²) >= 11 is 0. The lowest BCUT2D eigenvalue weighted by Crippen LogP contribution is -2.04. The predicted molar refractivity (Wildman–Crippen MR) is 99.4 cm³/mol. The highest BCUT2D eigenvalue weighted by atomic mass is 15.1. The van der Waals surface area contributed by atoms with E-state index in [1.165, 1.54) is 11.1 Å². The fourth-order valence-electron chi connectivity index (χ4n) is 2.79. The summed E-state index contributed by atoms with van der Waals surface area (Å²) in [5, 5.41) is 12.5. The van der Waals surface area contributed by atoms with Gasteiger partial charge in [0.15, 0.2) is 5.82 Å². The summed E-state index contributed by atoms with van der Waals surface area (Å²) in [7, 11) is 0. The zero-order chi connectivity index (χ0) is 17.9. The quantitative estimate of drug-likeness (QED) is 0.614. The third-order valence-corrected chi connectivity index (χ3v) is 4.24. The molecule has 0 saturated carbocycles. The highest BCUT2D eigenvalue weighted by molar-refractivity contribution is 5.59. The molecule has 126 valence electrons. The minimum absolute atomic E-state index is 0.558. The van der Waals surface area contributed by atoms with E-state index in [-0.39, 0.29) is 0 Å². The highest BCUT2D eigenvalue weighted by Gasteiger charge is 2.10. The van der Waals surface area contributed by atoms with Crippen molar-refractivity contribution in [3.63, 3.8) is 0 Å². The number of hydrogen-bond acceptors (Lipinski definition) is 5. The van der Waals surface area contributed by atoms with Crippen molar-refractivity contribution < 1.29 is 0 Å². The van der Waals surface area contributed by atoms with E-state index in [9.17, 15) is 0 Å². The van der Waals surface area contributed by atoms with Crippen LogP contribution in [0.1, 0.15) is 16.7 Å². The maximum absolute atomic E-state index is 9.12. The van der Waals surface area contributed by atoms with Gasteiger partial charge in [0, 0.05) is 18.9 Å². The van der Waals surface area contributed by atoms with Crippen LogP contribution in [-0.2, 0) is 6.54 Å². The minimum atomic E-state index is 0.558. The molecule has 0 aliphatic rings. The Hall–Kier alpha value is -3.72. The molecule has 0 atom stereocenters. The van der Waals surface area contributed by atoms with Crippen molar-refractivity contribution in [2.75, 3.05) is 5.32 Å². The fourth-order valence-corrected chi connectivity index (χ4v) is 2.79. The van der Waals surface area contributed by atoms with Crippen LogP contribution in [0.5, 0.6) is 0 Å². The number of benzene rings is 1. The summed E-state index contributed by atoms with van der Waals surface area (Å²) in [5.74, 6) is 1.30. The van der Waals surface area contributed by atoms with Gasteiger partial charge in [0.1, 0.15) is 23.2 Å². The first-order chi connectivity index (χ1) is 12.7. The molecule has 0 aliphatic heterocycles. The second kappa shape index (κ2) is 6.65. The molecule has 6 nitrogen and oxygen atoms in total. The number of nitrogens with zero attached hydrogens (tertiary/aromatic N) is 5. The van der Waals surface area contributed by atoms with E-state index in [2.05, 4.69) is 45.4 Å². The Labute approximate surface area is 150 Å². The molecule has 0 unspecified atom stereocenters. The first-order valence-electron chi connectivity index (χ1n) is 8.23. The molecule has 0 fully saturated rings. The SMILES string of the molecule is Cc1ccccc1CNc1ccnc(-c2cnc3ccc(C#N)cn23)n1. The predicted octanol–water partition coefficient (Wildman–Crippen LogP) is 3.58.